The van der Waals surface area contributed by atoms with Crippen LogP contribution in [0.2, 0.25) is 0 Å². The van der Waals surface area contributed by atoms with Gasteiger partial charge in [-0.25, -0.2) is 4.98 Å². The van der Waals surface area contributed by atoms with Crippen LogP contribution in [0.5, 0.6) is 5.75 Å². The predicted molar refractivity (Wildman–Crippen MR) is 80.6 cm³/mol. The first kappa shape index (κ1) is 14.0. The molecule has 0 aliphatic heterocycles. The number of halogens is 1. The molecular weight excluding hydrogens is 357 g/mol. The summed E-state index contributed by atoms with van der Waals surface area (Å²) in [5.41, 5.74) is 1.60. The standard InChI is InChI=1S/C13H14IN3O2/c1-8-4-11(19-3)5-10(16-8)7-17-9(2)15-6-12(14)13(17)18/h4-6H,7H2,1-3H3. The molecule has 0 aromatic carbocycles. The third kappa shape index (κ3) is 3.12. The molecule has 0 saturated carbocycles. The summed E-state index contributed by atoms with van der Waals surface area (Å²) < 4.78 is 7.43. The van der Waals surface area contributed by atoms with E-state index in [9.17, 15) is 4.79 Å². The van der Waals surface area contributed by atoms with Crippen LogP contribution in [0, 0.1) is 17.4 Å². The first-order valence-corrected chi connectivity index (χ1v) is 6.82. The fraction of sp³-hybridized carbons (Fsp3) is 0.308. The number of aromatic nitrogens is 3. The Labute approximate surface area is 124 Å². The number of nitrogens with zero attached hydrogens (tertiary/aromatic N) is 3. The zero-order valence-electron chi connectivity index (χ0n) is 11.0. The highest BCUT2D eigenvalue weighted by Crippen LogP contribution is 2.14. The van der Waals surface area contributed by atoms with Crippen LogP contribution < -0.4 is 10.3 Å². The molecule has 0 unspecified atom stereocenters. The van der Waals surface area contributed by atoms with Crippen LogP contribution in [-0.2, 0) is 6.54 Å². The Balaban J connectivity index is 2.44. The SMILES string of the molecule is COc1cc(C)nc(Cn2c(C)ncc(I)c2=O)c1. The molecule has 0 bridgehead atoms. The van der Waals surface area contributed by atoms with Crippen LogP contribution in [0.4, 0.5) is 0 Å². The highest BCUT2D eigenvalue weighted by atomic mass is 127. The lowest BCUT2D eigenvalue weighted by Gasteiger charge is -2.10. The topological polar surface area (TPSA) is 57.0 Å². The monoisotopic (exact) mass is 371 g/mol. The normalized spacial score (nSPS) is 10.5. The summed E-state index contributed by atoms with van der Waals surface area (Å²) in [4.78, 5) is 20.7. The van der Waals surface area contributed by atoms with Crippen LogP contribution in [0.25, 0.3) is 0 Å². The lowest BCUT2D eigenvalue weighted by atomic mass is 10.3. The molecule has 0 amide bonds. The van der Waals surface area contributed by atoms with Gasteiger partial charge >= 0.3 is 0 Å². The fourth-order valence-corrected chi connectivity index (χ4v) is 2.23. The maximum absolute atomic E-state index is 12.1. The van der Waals surface area contributed by atoms with E-state index in [2.05, 4.69) is 9.97 Å². The Morgan fingerprint density at radius 1 is 1.37 bits per heavy atom. The number of methoxy groups -OCH3 is 1. The van der Waals surface area contributed by atoms with Crippen molar-refractivity contribution in [1.82, 2.24) is 14.5 Å². The number of hydrogen-bond donors (Lipinski definition) is 0. The van der Waals surface area contributed by atoms with Crippen LogP contribution >= 0.6 is 22.6 Å². The van der Waals surface area contributed by atoms with Crippen molar-refractivity contribution < 1.29 is 4.74 Å². The summed E-state index contributed by atoms with van der Waals surface area (Å²) in [5, 5.41) is 0. The Morgan fingerprint density at radius 2 is 2.11 bits per heavy atom. The molecule has 0 N–H and O–H groups in total. The van der Waals surface area contributed by atoms with Crippen LogP contribution in [0.1, 0.15) is 17.2 Å². The second-order valence-electron chi connectivity index (χ2n) is 4.18. The predicted octanol–water partition coefficient (Wildman–Crippen LogP) is 1.92. The van der Waals surface area contributed by atoms with Crippen molar-refractivity contribution in [2.75, 3.05) is 7.11 Å². The molecule has 100 valence electrons. The second-order valence-corrected chi connectivity index (χ2v) is 5.35. The minimum atomic E-state index is -0.0460. The summed E-state index contributed by atoms with van der Waals surface area (Å²) >= 11 is 1.99. The molecule has 2 heterocycles. The molecule has 0 radical (unpaired) electrons. The van der Waals surface area contributed by atoms with Crippen molar-refractivity contribution in [2.45, 2.75) is 20.4 Å². The van der Waals surface area contributed by atoms with E-state index in [1.54, 1.807) is 17.9 Å². The average Bonchev–Trinajstić information content (AvgIpc) is 2.38. The molecule has 5 nitrogen and oxygen atoms in total. The molecule has 2 rings (SSSR count). The van der Waals surface area contributed by atoms with Gasteiger partial charge in [0.2, 0.25) is 0 Å². The Bertz CT molecular complexity index is 667. The zero-order chi connectivity index (χ0) is 14.0. The molecule has 0 atom stereocenters. The number of pyridine rings is 1. The van der Waals surface area contributed by atoms with Gasteiger partial charge in [-0.2, -0.15) is 0 Å². The summed E-state index contributed by atoms with van der Waals surface area (Å²) in [6, 6.07) is 3.69. The third-order valence-corrected chi connectivity index (χ3v) is 3.48. The zero-order valence-corrected chi connectivity index (χ0v) is 13.1. The van der Waals surface area contributed by atoms with Gasteiger partial charge in [0.25, 0.3) is 5.56 Å². The minimum Gasteiger partial charge on any atom is -0.497 e. The van der Waals surface area contributed by atoms with E-state index in [1.165, 1.54) is 0 Å². The van der Waals surface area contributed by atoms with Crippen molar-refractivity contribution >= 4 is 22.6 Å². The van der Waals surface area contributed by atoms with Crippen molar-refractivity contribution in [2.24, 2.45) is 0 Å². The highest BCUT2D eigenvalue weighted by molar-refractivity contribution is 14.1. The number of rotatable bonds is 3. The number of aryl methyl sites for hydroxylation is 2. The smallest absolute Gasteiger partial charge is 0.267 e. The highest BCUT2D eigenvalue weighted by Gasteiger charge is 2.08. The van der Waals surface area contributed by atoms with Gasteiger partial charge in [0, 0.05) is 24.0 Å². The fourth-order valence-electron chi connectivity index (χ4n) is 1.80. The Kier molecular flexibility index (Phi) is 4.18. The third-order valence-electron chi connectivity index (χ3n) is 2.74. The van der Waals surface area contributed by atoms with Crippen molar-refractivity contribution in [3.05, 3.63) is 49.5 Å². The maximum atomic E-state index is 12.1. The van der Waals surface area contributed by atoms with Gasteiger partial charge in [-0.1, -0.05) is 0 Å². The van der Waals surface area contributed by atoms with Crippen LogP contribution in [-0.4, -0.2) is 21.6 Å². The second kappa shape index (κ2) is 5.68. The van der Waals surface area contributed by atoms with Crippen LogP contribution in [0.15, 0.2) is 23.1 Å². The molecule has 0 fully saturated rings. The van der Waals surface area contributed by atoms with Gasteiger partial charge in [0.1, 0.15) is 11.6 Å². The van der Waals surface area contributed by atoms with E-state index in [0.29, 0.717) is 15.9 Å². The summed E-state index contributed by atoms with van der Waals surface area (Å²) in [6.07, 6.45) is 1.58. The van der Waals surface area contributed by atoms with Gasteiger partial charge in [0.15, 0.2) is 0 Å². The van der Waals surface area contributed by atoms with Gasteiger partial charge in [-0.15, -0.1) is 0 Å². The Hall–Kier alpha value is -1.44. The maximum Gasteiger partial charge on any atom is 0.267 e. The van der Waals surface area contributed by atoms with Crippen LogP contribution in [0.3, 0.4) is 0 Å². The van der Waals surface area contributed by atoms with Crippen molar-refractivity contribution in [3.63, 3.8) is 0 Å². The van der Waals surface area contributed by atoms with E-state index in [0.717, 1.165) is 17.1 Å². The van der Waals surface area contributed by atoms with Gasteiger partial charge in [0.05, 0.1) is 22.9 Å². The molecule has 6 heteroatoms. The quantitative estimate of drug-likeness (QED) is 0.774. The van der Waals surface area contributed by atoms with E-state index in [-0.39, 0.29) is 5.56 Å². The first-order valence-electron chi connectivity index (χ1n) is 5.74. The minimum absolute atomic E-state index is 0.0460. The van der Waals surface area contributed by atoms with Gasteiger partial charge < -0.3 is 4.74 Å². The molecule has 0 aliphatic rings. The average molecular weight is 371 g/mol. The van der Waals surface area contributed by atoms with Gasteiger partial charge in [-0.05, 0) is 36.4 Å². The summed E-state index contributed by atoms with van der Waals surface area (Å²) in [7, 11) is 1.61. The lowest BCUT2D eigenvalue weighted by molar-refractivity contribution is 0.412. The number of ether oxygens (including phenoxy) is 1. The van der Waals surface area contributed by atoms with E-state index in [1.807, 2.05) is 48.6 Å². The molecular formula is C13H14IN3O2. The van der Waals surface area contributed by atoms with E-state index in [4.69, 9.17) is 4.74 Å². The largest absolute Gasteiger partial charge is 0.497 e. The molecule has 2 aromatic heterocycles. The van der Waals surface area contributed by atoms with Gasteiger partial charge in [-0.3, -0.25) is 14.3 Å². The molecule has 19 heavy (non-hydrogen) atoms. The molecule has 0 spiro atoms. The van der Waals surface area contributed by atoms with Crippen molar-refractivity contribution in [3.8, 4) is 5.75 Å². The Morgan fingerprint density at radius 3 is 2.79 bits per heavy atom. The molecule has 0 saturated heterocycles. The van der Waals surface area contributed by atoms with E-state index >= 15 is 0 Å². The van der Waals surface area contributed by atoms with Crippen molar-refractivity contribution in [1.29, 1.82) is 0 Å². The molecule has 2 aromatic rings. The summed E-state index contributed by atoms with van der Waals surface area (Å²) in [6.45, 7) is 4.10. The summed E-state index contributed by atoms with van der Waals surface area (Å²) in [5.74, 6) is 1.42. The first-order chi connectivity index (χ1) is 9.01. The van der Waals surface area contributed by atoms with E-state index < -0.39 is 0 Å². The lowest BCUT2D eigenvalue weighted by Crippen LogP contribution is -2.26. The molecule has 0 aliphatic carbocycles. The number of hydrogen-bond acceptors (Lipinski definition) is 4.